The van der Waals surface area contributed by atoms with Gasteiger partial charge in [0, 0.05) is 6.54 Å². The lowest BCUT2D eigenvalue weighted by Crippen LogP contribution is -2.51. The van der Waals surface area contributed by atoms with Gasteiger partial charge in [0.05, 0.1) is 4.90 Å². The van der Waals surface area contributed by atoms with Gasteiger partial charge in [-0.05, 0) is 37.0 Å². The molecular formula is C13H15F2NO4S. The fourth-order valence-electron chi connectivity index (χ4n) is 2.56. The molecule has 0 bridgehead atoms. The molecular weight excluding hydrogens is 304 g/mol. The number of nitrogens with zero attached hydrogens (tertiary/aromatic N) is 1. The van der Waals surface area contributed by atoms with Crippen molar-refractivity contribution >= 4 is 16.0 Å². The standard InChI is InChI=1S/C13H15F2NO4S/c1-8-3-2-6-16(12(8)13(17)18)21(19,20)9-4-5-10(14)11(15)7-9/h4-5,7-8,12H,2-3,6H2,1H3,(H,17,18). The fraction of sp³-hybridized carbons (Fsp3) is 0.462. The number of benzene rings is 1. The minimum Gasteiger partial charge on any atom is -0.480 e. The average molecular weight is 319 g/mol. The molecule has 1 aliphatic heterocycles. The van der Waals surface area contributed by atoms with Crippen molar-refractivity contribution in [3.8, 4) is 0 Å². The number of carboxylic acids is 1. The Morgan fingerprint density at radius 1 is 1.33 bits per heavy atom. The highest BCUT2D eigenvalue weighted by Gasteiger charge is 2.41. The largest absolute Gasteiger partial charge is 0.480 e. The molecule has 2 rings (SSSR count). The first-order valence-electron chi connectivity index (χ1n) is 6.45. The summed E-state index contributed by atoms with van der Waals surface area (Å²) in [5.74, 6) is -4.03. The Bertz CT molecular complexity index is 662. The van der Waals surface area contributed by atoms with E-state index in [0.29, 0.717) is 25.0 Å². The molecule has 1 N–H and O–H groups in total. The number of hydrogen-bond acceptors (Lipinski definition) is 3. The molecule has 2 unspecified atom stereocenters. The third-order valence-electron chi connectivity index (χ3n) is 3.64. The summed E-state index contributed by atoms with van der Waals surface area (Å²) in [5.41, 5.74) is 0. The zero-order chi connectivity index (χ0) is 15.8. The van der Waals surface area contributed by atoms with Gasteiger partial charge < -0.3 is 5.11 Å². The van der Waals surface area contributed by atoms with Crippen LogP contribution in [-0.4, -0.2) is 36.4 Å². The van der Waals surface area contributed by atoms with Crippen LogP contribution in [0.4, 0.5) is 8.78 Å². The summed E-state index contributed by atoms with van der Waals surface area (Å²) >= 11 is 0. The lowest BCUT2D eigenvalue weighted by molar-refractivity contribution is -0.144. The minimum absolute atomic E-state index is 0.0443. The molecule has 0 spiro atoms. The summed E-state index contributed by atoms with van der Waals surface area (Å²) < 4.78 is 52.0. The van der Waals surface area contributed by atoms with Crippen LogP contribution >= 0.6 is 0 Å². The Morgan fingerprint density at radius 3 is 2.57 bits per heavy atom. The first-order chi connectivity index (χ1) is 9.75. The number of halogens is 2. The topological polar surface area (TPSA) is 74.7 Å². The maximum atomic E-state index is 13.2. The van der Waals surface area contributed by atoms with Crippen LogP contribution in [0.1, 0.15) is 19.8 Å². The molecule has 116 valence electrons. The van der Waals surface area contributed by atoms with Crippen molar-refractivity contribution in [1.82, 2.24) is 4.31 Å². The maximum absolute atomic E-state index is 13.2. The molecule has 1 aromatic carbocycles. The van der Waals surface area contributed by atoms with Crippen molar-refractivity contribution in [3.63, 3.8) is 0 Å². The zero-order valence-corrected chi connectivity index (χ0v) is 12.1. The van der Waals surface area contributed by atoms with Gasteiger partial charge in [-0.25, -0.2) is 17.2 Å². The van der Waals surface area contributed by atoms with Crippen molar-refractivity contribution in [2.45, 2.75) is 30.7 Å². The lowest BCUT2D eigenvalue weighted by atomic mass is 9.93. The summed E-state index contributed by atoms with van der Waals surface area (Å²) in [6.45, 7) is 1.70. The highest BCUT2D eigenvalue weighted by atomic mass is 32.2. The normalized spacial score (nSPS) is 24.0. The number of sulfonamides is 1. The molecule has 0 aliphatic carbocycles. The van der Waals surface area contributed by atoms with Crippen molar-refractivity contribution in [3.05, 3.63) is 29.8 Å². The molecule has 1 aromatic rings. The van der Waals surface area contributed by atoms with E-state index < -0.39 is 38.6 Å². The van der Waals surface area contributed by atoms with Crippen molar-refractivity contribution in [1.29, 1.82) is 0 Å². The number of piperidine rings is 1. The second kappa shape index (κ2) is 5.69. The Morgan fingerprint density at radius 2 is 2.00 bits per heavy atom. The van der Waals surface area contributed by atoms with Gasteiger partial charge >= 0.3 is 5.97 Å². The van der Waals surface area contributed by atoms with Crippen LogP contribution in [0.3, 0.4) is 0 Å². The van der Waals surface area contributed by atoms with Crippen molar-refractivity contribution in [2.24, 2.45) is 5.92 Å². The van der Waals surface area contributed by atoms with E-state index in [1.165, 1.54) is 0 Å². The first kappa shape index (κ1) is 15.8. The third-order valence-corrected chi connectivity index (χ3v) is 5.51. The molecule has 1 heterocycles. The number of carboxylic acid groups (broad SMARTS) is 1. The summed E-state index contributed by atoms with van der Waals surface area (Å²) in [4.78, 5) is 10.9. The van der Waals surface area contributed by atoms with Crippen LogP contribution in [0.15, 0.2) is 23.1 Å². The molecule has 0 saturated carbocycles. The Kier molecular flexibility index (Phi) is 4.29. The van der Waals surface area contributed by atoms with Gasteiger partial charge in [-0.15, -0.1) is 0 Å². The van der Waals surface area contributed by atoms with Gasteiger partial charge in [-0.2, -0.15) is 4.31 Å². The SMILES string of the molecule is CC1CCCN(S(=O)(=O)c2ccc(F)c(F)c2)C1C(=O)O. The van der Waals surface area contributed by atoms with Crippen LogP contribution in [0.2, 0.25) is 0 Å². The predicted molar refractivity (Wildman–Crippen MR) is 70.1 cm³/mol. The molecule has 21 heavy (non-hydrogen) atoms. The number of carbonyl (C=O) groups is 1. The van der Waals surface area contributed by atoms with E-state index in [-0.39, 0.29) is 12.5 Å². The second-order valence-corrected chi connectivity index (χ2v) is 6.98. The van der Waals surface area contributed by atoms with E-state index in [2.05, 4.69) is 0 Å². The van der Waals surface area contributed by atoms with Crippen molar-refractivity contribution < 1.29 is 27.1 Å². The van der Waals surface area contributed by atoms with E-state index in [0.717, 1.165) is 10.4 Å². The van der Waals surface area contributed by atoms with Gasteiger partial charge in [0.15, 0.2) is 11.6 Å². The molecule has 2 atom stereocenters. The summed E-state index contributed by atoms with van der Waals surface area (Å²) in [6, 6.07) is 1.03. The Labute approximate surface area is 121 Å². The molecule has 1 fully saturated rings. The quantitative estimate of drug-likeness (QED) is 0.922. The van der Waals surface area contributed by atoms with Gasteiger partial charge in [-0.3, -0.25) is 4.79 Å². The fourth-order valence-corrected chi connectivity index (χ4v) is 4.29. The average Bonchev–Trinajstić information content (AvgIpc) is 2.41. The van der Waals surface area contributed by atoms with E-state index in [4.69, 9.17) is 0 Å². The zero-order valence-electron chi connectivity index (χ0n) is 11.3. The Hall–Kier alpha value is -1.54. The number of hydrogen-bond donors (Lipinski definition) is 1. The van der Waals surface area contributed by atoms with Crippen LogP contribution in [0.5, 0.6) is 0 Å². The molecule has 5 nitrogen and oxygen atoms in total. The highest BCUT2D eigenvalue weighted by molar-refractivity contribution is 7.89. The number of rotatable bonds is 3. The van der Waals surface area contributed by atoms with Crippen LogP contribution in [0, 0.1) is 17.6 Å². The summed E-state index contributed by atoms with van der Waals surface area (Å²) in [6.07, 6.45) is 1.12. The van der Waals surface area contributed by atoms with E-state index in [1.54, 1.807) is 6.92 Å². The van der Waals surface area contributed by atoms with Crippen molar-refractivity contribution in [2.75, 3.05) is 6.54 Å². The summed E-state index contributed by atoms with van der Waals surface area (Å²) in [7, 11) is -4.18. The molecule has 0 amide bonds. The Balaban J connectivity index is 2.45. The van der Waals surface area contributed by atoms with Crippen LogP contribution in [0.25, 0.3) is 0 Å². The third kappa shape index (κ3) is 2.91. The minimum atomic E-state index is -4.18. The molecule has 8 heteroatoms. The second-order valence-electron chi connectivity index (χ2n) is 5.09. The summed E-state index contributed by atoms with van der Waals surface area (Å²) in [5, 5.41) is 9.25. The highest BCUT2D eigenvalue weighted by Crippen LogP contribution is 2.29. The maximum Gasteiger partial charge on any atom is 0.322 e. The van der Waals surface area contributed by atoms with E-state index in [9.17, 15) is 27.1 Å². The van der Waals surface area contributed by atoms with Gasteiger partial charge in [-0.1, -0.05) is 6.92 Å². The molecule has 1 saturated heterocycles. The van der Waals surface area contributed by atoms with E-state index in [1.807, 2.05) is 0 Å². The molecule has 1 aliphatic rings. The van der Waals surface area contributed by atoms with Gasteiger partial charge in [0.1, 0.15) is 6.04 Å². The van der Waals surface area contributed by atoms with Gasteiger partial charge in [0.25, 0.3) is 0 Å². The van der Waals surface area contributed by atoms with Crippen LogP contribution in [-0.2, 0) is 14.8 Å². The monoisotopic (exact) mass is 319 g/mol. The number of aliphatic carboxylic acids is 1. The molecule has 0 aromatic heterocycles. The predicted octanol–water partition coefficient (Wildman–Crippen LogP) is 1.84. The van der Waals surface area contributed by atoms with Gasteiger partial charge in [0.2, 0.25) is 10.0 Å². The first-order valence-corrected chi connectivity index (χ1v) is 7.89. The molecule has 0 radical (unpaired) electrons. The smallest absolute Gasteiger partial charge is 0.322 e. The van der Waals surface area contributed by atoms with Crippen LogP contribution < -0.4 is 0 Å². The van der Waals surface area contributed by atoms with E-state index >= 15 is 0 Å². The lowest BCUT2D eigenvalue weighted by Gasteiger charge is -2.36.